The van der Waals surface area contributed by atoms with Crippen molar-refractivity contribution in [2.75, 3.05) is 0 Å². The van der Waals surface area contributed by atoms with Crippen molar-refractivity contribution in [1.82, 2.24) is 10.6 Å². The number of aryl methyl sites for hydroxylation is 2. The van der Waals surface area contributed by atoms with Gasteiger partial charge in [-0.3, -0.25) is 0 Å². The largest absolute Gasteiger partial charge is 0.487 e. The van der Waals surface area contributed by atoms with Gasteiger partial charge in [-0.1, -0.05) is 170 Å². The average molecular weight is 1150 g/mol. The highest BCUT2D eigenvalue weighted by Crippen LogP contribution is 2.30. The Bertz CT molecular complexity index is 2840. The summed E-state index contributed by atoms with van der Waals surface area (Å²) in [6.45, 7) is 19.0. The minimum Gasteiger partial charge on any atom is -0.487 e. The van der Waals surface area contributed by atoms with Crippen LogP contribution in [0.25, 0.3) is 0 Å². The van der Waals surface area contributed by atoms with E-state index in [9.17, 15) is 29.4 Å². The maximum atomic E-state index is 13.4. The number of carboxylic acid groups (broad SMARTS) is 1. The van der Waals surface area contributed by atoms with E-state index in [1.807, 2.05) is 128 Å². The number of hydrogen-bond donors (Lipinski definition) is 4. The van der Waals surface area contributed by atoms with E-state index in [2.05, 4.69) is 73.0 Å². The third-order valence-corrected chi connectivity index (χ3v) is 13.8. The molecule has 14 heteroatoms. The Labute approximate surface area is 498 Å². The van der Waals surface area contributed by atoms with E-state index in [1.54, 1.807) is 48.5 Å². The molecule has 6 aromatic rings. The molecule has 0 unspecified atom stereocenters. The second-order valence-electron chi connectivity index (χ2n) is 23.6. The first-order valence-corrected chi connectivity index (χ1v) is 29.3. The molecule has 0 bridgehead atoms. The molecule has 0 saturated heterocycles. The average Bonchev–Trinajstić information content (AvgIpc) is 3.66. The first-order chi connectivity index (χ1) is 40.0. The summed E-state index contributed by atoms with van der Waals surface area (Å²) in [6.07, 6.45) is 1.30. The van der Waals surface area contributed by atoms with Crippen molar-refractivity contribution in [2.45, 2.75) is 182 Å². The normalized spacial score (nSPS) is 14.3. The van der Waals surface area contributed by atoms with Crippen molar-refractivity contribution in [1.29, 1.82) is 0 Å². The fraction of sp³-hybridized carbons (Fsp3) is 0.429. The second kappa shape index (κ2) is 34.2. The quantitative estimate of drug-likeness (QED) is 0.0257. The molecule has 0 fully saturated rings. The van der Waals surface area contributed by atoms with Crippen LogP contribution in [0.1, 0.15) is 127 Å². The Morgan fingerprint density at radius 1 is 0.476 bits per heavy atom. The Kier molecular flexibility index (Phi) is 27.3. The van der Waals surface area contributed by atoms with Crippen LogP contribution < -0.4 is 20.1 Å². The van der Waals surface area contributed by atoms with Crippen LogP contribution in [0.5, 0.6) is 11.5 Å². The van der Waals surface area contributed by atoms with Gasteiger partial charge in [-0.2, -0.15) is 0 Å². The molecule has 8 atom stereocenters. The fourth-order valence-corrected chi connectivity index (χ4v) is 9.60. The third kappa shape index (κ3) is 25.9. The van der Waals surface area contributed by atoms with Crippen molar-refractivity contribution in [3.63, 3.8) is 0 Å². The van der Waals surface area contributed by atoms with Crippen molar-refractivity contribution < 1.29 is 57.8 Å². The van der Waals surface area contributed by atoms with Gasteiger partial charge in [0.2, 0.25) is 0 Å². The Balaban J connectivity index is 0.000000326. The van der Waals surface area contributed by atoms with Gasteiger partial charge in [-0.05, 0) is 154 Å². The maximum absolute atomic E-state index is 13.4. The van der Waals surface area contributed by atoms with Crippen LogP contribution in [0.3, 0.4) is 0 Å². The third-order valence-electron chi connectivity index (χ3n) is 13.8. The molecule has 0 radical (unpaired) electrons. The van der Waals surface area contributed by atoms with E-state index >= 15 is 0 Å². The zero-order valence-corrected chi connectivity index (χ0v) is 50.8. The smallest absolute Gasteiger partial charge is 0.408 e. The molecular weight excluding hydrogens is 1060 g/mol. The molecule has 0 heterocycles. The SMILES string of the molecule is Cc1ccc(C[C@@H](CCC[C@H](NC(=O)OC(C)(C)C)C(=O)O)[C@@H](Oc2ccccc2)[C@H](C)O)cc1.Cc1ccc(C[C@@H](CCC[C@H](NC(=O)OC(C)(C)C)C(=O)OCc2ccccc2)[C@@H](Oc2ccccc2)[C@H](C)OCc2ccccc2)cc1. The van der Waals surface area contributed by atoms with Gasteiger partial charge >= 0.3 is 24.1 Å². The molecular formula is C70H90N2O12. The van der Waals surface area contributed by atoms with Gasteiger partial charge in [0.15, 0.2) is 0 Å². The van der Waals surface area contributed by atoms with Gasteiger partial charge in [0.1, 0.15) is 53.6 Å². The summed E-state index contributed by atoms with van der Waals surface area (Å²) in [5.41, 5.74) is 5.20. The highest BCUT2D eigenvalue weighted by atomic mass is 16.6. The lowest BCUT2D eigenvalue weighted by molar-refractivity contribution is -0.147. The number of rotatable bonds is 29. The molecule has 0 aliphatic rings. The number of carboxylic acids is 1. The number of carbonyl (C=O) groups is 4. The molecule has 84 heavy (non-hydrogen) atoms. The summed E-state index contributed by atoms with van der Waals surface area (Å²) in [4.78, 5) is 50.0. The van der Waals surface area contributed by atoms with E-state index in [1.165, 1.54) is 11.1 Å². The van der Waals surface area contributed by atoms with Gasteiger partial charge < -0.3 is 49.3 Å². The van der Waals surface area contributed by atoms with Gasteiger partial charge in [-0.25, -0.2) is 19.2 Å². The molecule has 6 aromatic carbocycles. The number of esters is 1. The molecule has 0 aromatic heterocycles. The molecule has 452 valence electrons. The number of aliphatic carboxylic acids is 1. The summed E-state index contributed by atoms with van der Waals surface area (Å²) >= 11 is 0. The summed E-state index contributed by atoms with van der Waals surface area (Å²) in [5, 5.41) is 25.4. The Hall–Kier alpha value is -7.68. The summed E-state index contributed by atoms with van der Waals surface area (Å²) in [5.74, 6) is -0.224. The van der Waals surface area contributed by atoms with Crippen molar-refractivity contribution in [2.24, 2.45) is 11.8 Å². The van der Waals surface area contributed by atoms with Crippen molar-refractivity contribution in [3.8, 4) is 11.5 Å². The van der Waals surface area contributed by atoms with E-state index in [4.69, 9.17) is 28.4 Å². The van der Waals surface area contributed by atoms with Crippen LogP contribution >= 0.6 is 0 Å². The minimum absolute atomic E-state index is 0.0243. The topological polar surface area (TPSA) is 188 Å². The molecule has 0 aliphatic carbocycles. The molecule has 2 amide bonds. The number of carbonyl (C=O) groups excluding carboxylic acids is 3. The van der Waals surface area contributed by atoms with Gasteiger partial charge in [0.05, 0.1) is 18.8 Å². The molecule has 0 spiro atoms. The van der Waals surface area contributed by atoms with Crippen LogP contribution in [0, 0.1) is 25.7 Å². The number of aliphatic hydroxyl groups is 1. The van der Waals surface area contributed by atoms with Crippen LogP contribution in [-0.2, 0) is 54.6 Å². The van der Waals surface area contributed by atoms with Gasteiger partial charge in [0, 0.05) is 11.8 Å². The molecule has 0 aliphatic heterocycles. The van der Waals surface area contributed by atoms with Gasteiger partial charge in [0.25, 0.3) is 0 Å². The van der Waals surface area contributed by atoms with E-state index in [0.717, 1.165) is 34.4 Å². The number of hydrogen-bond acceptors (Lipinski definition) is 11. The second-order valence-corrected chi connectivity index (χ2v) is 23.6. The molecule has 0 saturated carbocycles. The number of benzene rings is 6. The molecule has 14 nitrogen and oxygen atoms in total. The standard InChI is InChI=1S/C42H51NO6.C28H39NO6/c1-31-24-26-33(27-25-31)28-36(39(48-37-21-13-8-14-22-37)32(2)46-29-34-16-9-6-10-17-34)20-15-23-38(43-41(45)49-42(3,4)5)40(44)47-30-35-18-11-7-12-19-35;1-19-14-16-21(17-15-19)18-22(25(20(2)30)34-23-11-7-6-8-12-23)10-9-13-24(26(31)32)29-27(33)35-28(3,4)5/h6-14,16-19,21-22,24-27,32,36,38-39H,15,20,23,28-30H2,1-5H3,(H,43,45);6-8,11-12,14-17,20,22,24-25,30H,9-10,13,18H2,1-5H3,(H,29,33)(H,31,32)/t32-,36+,38-,39-;20-,22+,24-,25-/m00/s1. The van der Waals surface area contributed by atoms with Crippen LogP contribution in [-0.4, -0.2) is 82.0 Å². The van der Waals surface area contributed by atoms with Crippen LogP contribution in [0.15, 0.2) is 170 Å². The zero-order chi connectivity index (χ0) is 61.1. The predicted molar refractivity (Wildman–Crippen MR) is 329 cm³/mol. The number of para-hydroxylation sites is 2. The lowest BCUT2D eigenvalue weighted by atomic mass is 9.86. The number of aliphatic hydroxyl groups excluding tert-OH is 1. The zero-order valence-electron chi connectivity index (χ0n) is 50.8. The lowest BCUT2D eigenvalue weighted by Gasteiger charge is -2.33. The van der Waals surface area contributed by atoms with Gasteiger partial charge in [-0.15, -0.1) is 0 Å². The Morgan fingerprint density at radius 3 is 1.27 bits per heavy atom. The number of alkyl carbamates (subject to hydrolysis) is 2. The van der Waals surface area contributed by atoms with Crippen LogP contribution in [0.2, 0.25) is 0 Å². The maximum Gasteiger partial charge on any atom is 0.408 e. The van der Waals surface area contributed by atoms with E-state index in [0.29, 0.717) is 50.9 Å². The lowest BCUT2D eigenvalue weighted by Crippen LogP contribution is -2.44. The Morgan fingerprint density at radius 2 is 0.857 bits per heavy atom. The monoisotopic (exact) mass is 1150 g/mol. The first kappa shape index (κ1) is 67.1. The van der Waals surface area contributed by atoms with Crippen molar-refractivity contribution >= 4 is 24.1 Å². The predicted octanol–water partition coefficient (Wildman–Crippen LogP) is 14.1. The summed E-state index contributed by atoms with van der Waals surface area (Å²) in [7, 11) is 0. The highest BCUT2D eigenvalue weighted by Gasteiger charge is 2.33. The minimum atomic E-state index is -1.11. The van der Waals surface area contributed by atoms with E-state index < -0.39 is 59.6 Å². The van der Waals surface area contributed by atoms with Crippen molar-refractivity contribution in [3.05, 3.63) is 203 Å². The number of nitrogens with one attached hydrogen (secondary N) is 2. The molecule has 4 N–H and O–H groups in total. The highest BCUT2D eigenvalue weighted by molar-refractivity contribution is 5.81. The number of ether oxygens (including phenoxy) is 6. The first-order valence-electron chi connectivity index (χ1n) is 29.3. The fourth-order valence-electron chi connectivity index (χ4n) is 9.60. The summed E-state index contributed by atoms with van der Waals surface area (Å²) in [6, 6.07) is 53.6. The van der Waals surface area contributed by atoms with E-state index in [-0.39, 0.29) is 37.1 Å². The van der Waals surface area contributed by atoms with Crippen LogP contribution in [0.4, 0.5) is 9.59 Å². The molecule has 6 rings (SSSR count). The number of amides is 2. The summed E-state index contributed by atoms with van der Waals surface area (Å²) < 4.78 is 35.8.